The van der Waals surface area contributed by atoms with E-state index in [9.17, 15) is 19.2 Å². The van der Waals surface area contributed by atoms with E-state index in [1.165, 1.54) is 108 Å². The Bertz CT molecular complexity index is 1060. The average Bonchev–Trinajstić information content (AvgIpc) is 3.30. The van der Waals surface area contributed by atoms with Crippen molar-refractivity contribution < 1.29 is 28.7 Å². The summed E-state index contributed by atoms with van der Waals surface area (Å²) in [5.74, 6) is 0.332. The number of hydrogen-bond acceptors (Lipinski definition) is 7. The molecular weight excluding hydrogens is 823 g/mol. The number of carbonyl (C=O) groups excluding carboxylic acids is 4. The highest BCUT2D eigenvalue weighted by atomic mass is 16.5. The summed E-state index contributed by atoms with van der Waals surface area (Å²) in [6.07, 6.45) is 41.9. The Hall–Kier alpha value is -2.16. The van der Waals surface area contributed by atoms with Gasteiger partial charge in [0.2, 0.25) is 5.91 Å². The van der Waals surface area contributed by atoms with Gasteiger partial charge in [-0.1, -0.05) is 207 Å². The molecule has 9 heteroatoms. The van der Waals surface area contributed by atoms with Gasteiger partial charge in [0.15, 0.2) is 0 Å². The van der Waals surface area contributed by atoms with E-state index < -0.39 is 0 Å². The Kier molecular flexibility index (Phi) is 46.3. The average molecular weight is 935 g/mol. The molecule has 0 saturated carbocycles. The normalized spacial score (nSPS) is 12.8. The van der Waals surface area contributed by atoms with Crippen molar-refractivity contribution in [2.24, 2.45) is 17.8 Å². The molecule has 1 N–H and O–H groups in total. The Balaban J connectivity index is 5.03. The molecule has 0 radical (unpaired) electrons. The number of hydrogen-bond donors (Lipinski definition) is 1. The number of amides is 3. The van der Waals surface area contributed by atoms with Crippen LogP contribution in [0, 0.1) is 17.8 Å². The molecule has 0 heterocycles. The lowest BCUT2D eigenvalue weighted by Crippen LogP contribution is -2.45. The number of esters is 2. The smallest absolute Gasteiger partial charge is 0.324 e. The zero-order chi connectivity index (χ0) is 48.7. The first kappa shape index (κ1) is 63.8. The maximum atomic E-state index is 13.7. The predicted molar refractivity (Wildman–Crippen MR) is 280 cm³/mol. The van der Waals surface area contributed by atoms with Crippen LogP contribution in [-0.4, -0.2) is 80.6 Å². The number of carbonyl (C=O) groups is 4. The summed E-state index contributed by atoms with van der Waals surface area (Å²) in [5, 5.41) is 2.87. The van der Waals surface area contributed by atoms with Crippen molar-refractivity contribution in [3.63, 3.8) is 0 Å². The lowest BCUT2D eigenvalue weighted by Gasteiger charge is -2.25. The number of urea groups is 1. The SMILES string of the molecule is CCCCCCCCC(CCCCCC)C(=O)OCCCCCCCC(CCCCCCCOC(=O)C(CCCCCC)CCCCCCCC)CC(=O)N(CCCN(C)C)C(=O)NCC. The minimum absolute atomic E-state index is 0.0232. The maximum Gasteiger partial charge on any atom is 0.324 e. The molecule has 3 amide bonds. The fourth-order valence-electron chi connectivity index (χ4n) is 9.29. The second-order valence-electron chi connectivity index (χ2n) is 20.3. The van der Waals surface area contributed by atoms with Crippen molar-refractivity contribution in [3.05, 3.63) is 0 Å². The van der Waals surface area contributed by atoms with Gasteiger partial charge in [0.05, 0.1) is 25.0 Å². The third-order valence-corrected chi connectivity index (χ3v) is 13.6. The molecule has 0 saturated heterocycles. The molecule has 0 bridgehead atoms. The van der Waals surface area contributed by atoms with Gasteiger partial charge in [-0.2, -0.15) is 0 Å². The van der Waals surface area contributed by atoms with Crippen LogP contribution < -0.4 is 5.32 Å². The molecule has 0 aromatic heterocycles. The topological polar surface area (TPSA) is 105 Å². The number of ether oxygens (including phenoxy) is 2. The molecule has 9 nitrogen and oxygen atoms in total. The first-order chi connectivity index (χ1) is 32.1. The van der Waals surface area contributed by atoms with E-state index in [1.807, 2.05) is 21.0 Å². The second kappa shape index (κ2) is 47.9. The van der Waals surface area contributed by atoms with Crippen LogP contribution in [0.4, 0.5) is 4.79 Å². The van der Waals surface area contributed by atoms with Gasteiger partial charge in [-0.3, -0.25) is 19.3 Å². The monoisotopic (exact) mass is 934 g/mol. The van der Waals surface area contributed by atoms with Crippen molar-refractivity contribution in [2.75, 3.05) is 46.9 Å². The minimum atomic E-state index is -0.281. The fraction of sp³-hybridized carbons (Fsp3) is 0.930. The van der Waals surface area contributed by atoms with Gasteiger partial charge in [-0.05, 0) is 91.3 Å². The van der Waals surface area contributed by atoms with Crippen LogP contribution in [0.3, 0.4) is 0 Å². The molecule has 0 fully saturated rings. The number of unbranched alkanes of at least 4 members (excludes halogenated alkanes) is 24. The van der Waals surface area contributed by atoms with Crippen molar-refractivity contribution >= 4 is 23.9 Å². The lowest BCUT2D eigenvalue weighted by molar-refractivity contribution is -0.150. The zero-order valence-electron chi connectivity index (χ0n) is 45.0. The van der Waals surface area contributed by atoms with Crippen molar-refractivity contribution in [2.45, 2.75) is 279 Å². The first-order valence-electron chi connectivity index (χ1n) is 28.7. The van der Waals surface area contributed by atoms with Gasteiger partial charge < -0.3 is 19.7 Å². The lowest BCUT2D eigenvalue weighted by atomic mass is 9.91. The van der Waals surface area contributed by atoms with Crippen molar-refractivity contribution in [1.29, 1.82) is 0 Å². The van der Waals surface area contributed by atoms with Gasteiger partial charge in [0.25, 0.3) is 0 Å². The highest BCUT2D eigenvalue weighted by Gasteiger charge is 2.25. The Morgan fingerprint density at radius 2 is 0.742 bits per heavy atom. The summed E-state index contributed by atoms with van der Waals surface area (Å²) in [6.45, 7) is 13.6. The zero-order valence-corrected chi connectivity index (χ0v) is 45.0. The Labute approximate surface area is 409 Å². The molecule has 2 atom stereocenters. The third kappa shape index (κ3) is 38.8. The number of rotatable bonds is 49. The Morgan fingerprint density at radius 3 is 1.11 bits per heavy atom. The van der Waals surface area contributed by atoms with Gasteiger partial charge in [0.1, 0.15) is 0 Å². The number of nitrogens with one attached hydrogen (secondary N) is 1. The van der Waals surface area contributed by atoms with Crippen LogP contribution in [0.15, 0.2) is 0 Å². The standard InChI is InChI=1S/C57H111N3O6/c1-8-13-17-21-27-35-44-52(42-33-19-15-10-3)55(62)65-48-37-29-23-25-31-40-51(50-54(61)60(57(64)58-12-5)47-39-46-59(6)7)41-32-26-24-30-38-49-66-56(63)53(43-34-20-16-11-4)45-36-28-22-18-14-9-2/h51-53H,8-50H2,1-7H3,(H,58,64). The third-order valence-electron chi connectivity index (χ3n) is 13.6. The predicted octanol–water partition coefficient (Wildman–Crippen LogP) is 15.9. The molecular formula is C57H111N3O6. The van der Waals surface area contributed by atoms with E-state index in [1.54, 1.807) is 0 Å². The van der Waals surface area contributed by atoms with E-state index in [2.05, 4.69) is 37.9 Å². The maximum absolute atomic E-state index is 13.7. The van der Waals surface area contributed by atoms with Crippen LogP contribution >= 0.6 is 0 Å². The van der Waals surface area contributed by atoms with E-state index in [0.29, 0.717) is 32.7 Å². The molecule has 2 unspecified atom stereocenters. The molecule has 0 aliphatic rings. The second-order valence-corrected chi connectivity index (χ2v) is 20.3. The summed E-state index contributed by atoms with van der Waals surface area (Å²) < 4.78 is 11.7. The largest absolute Gasteiger partial charge is 0.465 e. The molecule has 390 valence electrons. The quantitative estimate of drug-likeness (QED) is 0.0478. The summed E-state index contributed by atoms with van der Waals surface area (Å²) in [4.78, 5) is 56.5. The van der Waals surface area contributed by atoms with Gasteiger partial charge >= 0.3 is 18.0 Å². The first-order valence-corrected chi connectivity index (χ1v) is 28.7. The van der Waals surface area contributed by atoms with Crippen LogP contribution in [0.5, 0.6) is 0 Å². The van der Waals surface area contributed by atoms with E-state index in [4.69, 9.17) is 9.47 Å². The minimum Gasteiger partial charge on any atom is -0.465 e. The molecule has 0 aliphatic heterocycles. The molecule has 66 heavy (non-hydrogen) atoms. The summed E-state index contributed by atoms with van der Waals surface area (Å²) in [5.41, 5.74) is 0. The molecule has 0 aromatic carbocycles. The van der Waals surface area contributed by atoms with Crippen LogP contribution in [0.1, 0.15) is 279 Å². The summed E-state index contributed by atoms with van der Waals surface area (Å²) in [7, 11) is 4.03. The van der Waals surface area contributed by atoms with Crippen LogP contribution in [0.25, 0.3) is 0 Å². The van der Waals surface area contributed by atoms with Crippen LogP contribution in [-0.2, 0) is 23.9 Å². The van der Waals surface area contributed by atoms with Gasteiger partial charge in [0, 0.05) is 19.5 Å². The van der Waals surface area contributed by atoms with Gasteiger partial charge in [-0.15, -0.1) is 0 Å². The molecule has 0 aromatic rings. The molecule has 0 spiro atoms. The fourth-order valence-corrected chi connectivity index (χ4v) is 9.29. The highest BCUT2D eigenvalue weighted by Crippen LogP contribution is 2.25. The Morgan fingerprint density at radius 1 is 0.409 bits per heavy atom. The van der Waals surface area contributed by atoms with E-state index >= 15 is 0 Å². The van der Waals surface area contributed by atoms with Crippen molar-refractivity contribution in [1.82, 2.24) is 15.1 Å². The van der Waals surface area contributed by atoms with Crippen LogP contribution in [0.2, 0.25) is 0 Å². The highest BCUT2D eigenvalue weighted by molar-refractivity contribution is 5.94. The number of nitrogens with zero attached hydrogens (tertiary/aromatic N) is 2. The summed E-state index contributed by atoms with van der Waals surface area (Å²) >= 11 is 0. The molecule has 0 rings (SSSR count). The van der Waals surface area contributed by atoms with E-state index in [0.717, 1.165) is 141 Å². The van der Waals surface area contributed by atoms with E-state index in [-0.39, 0.29) is 41.6 Å². The molecule has 0 aliphatic carbocycles. The number of imide groups is 1. The van der Waals surface area contributed by atoms with Crippen molar-refractivity contribution in [3.8, 4) is 0 Å². The van der Waals surface area contributed by atoms with Gasteiger partial charge in [-0.25, -0.2) is 4.79 Å². The summed E-state index contributed by atoms with van der Waals surface area (Å²) in [6, 6.07) is -0.281.